The first-order chi connectivity index (χ1) is 14.4. The molecule has 1 amide bonds. The number of aromatic nitrogens is 2. The Labute approximate surface area is 174 Å². The van der Waals surface area contributed by atoms with Gasteiger partial charge in [0.2, 0.25) is 0 Å². The van der Waals surface area contributed by atoms with Gasteiger partial charge in [0.25, 0.3) is 11.6 Å². The second-order valence-electron chi connectivity index (χ2n) is 7.53. The van der Waals surface area contributed by atoms with E-state index in [4.69, 9.17) is 0 Å². The lowest BCUT2D eigenvalue weighted by atomic mass is 10.1. The number of benzene rings is 2. The number of carbonyl (C=O) groups is 1. The Morgan fingerprint density at radius 3 is 2.40 bits per heavy atom. The van der Waals surface area contributed by atoms with E-state index in [1.54, 1.807) is 12.1 Å². The van der Waals surface area contributed by atoms with Crippen molar-refractivity contribution in [2.24, 2.45) is 0 Å². The summed E-state index contributed by atoms with van der Waals surface area (Å²) < 4.78 is 0. The summed E-state index contributed by atoms with van der Waals surface area (Å²) in [5.74, 6) is -0.0858. The van der Waals surface area contributed by atoms with Crippen LogP contribution >= 0.6 is 0 Å². The van der Waals surface area contributed by atoms with Crippen LogP contribution < -0.4 is 4.90 Å². The number of non-ortho nitro benzene ring substituents is 1. The van der Waals surface area contributed by atoms with Gasteiger partial charge in [-0.1, -0.05) is 17.7 Å². The van der Waals surface area contributed by atoms with Crippen molar-refractivity contribution in [1.82, 2.24) is 15.1 Å². The van der Waals surface area contributed by atoms with Crippen LogP contribution in [0.3, 0.4) is 0 Å². The van der Waals surface area contributed by atoms with Gasteiger partial charge in [-0.05, 0) is 37.6 Å². The summed E-state index contributed by atoms with van der Waals surface area (Å²) in [5.41, 5.74) is 5.44. The molecule has 8 heteroatoms. The van der Waals surface area contributed by atoms with Crippen LogP contribution in [-0.4, -0.2) is 52.1 Å². The van der Waals surface area contributed by atoms with Gasteiger partial charge in [-0.15, -0.1) is 0 Å². The smallest absolute Gasteiger partial charge is 0.269 e. The minimum atomic E-state index is -0.446. The molecule has 30 heavy (non-hydrogen) atoms. The number of carbonyl (C=O) groups excluding carboxylic acids is 1. The third-order valence-electron chi connectivity index (χ3n) is 5.50. The topological polar surface area (TPSA) is 95.4 Å². The van der Waals surface area contributed by atoms with Crippen molar-refractivity contribution in [3.05, 3.63) is 75.5 Å². The number of nitrogens with zero attached hydrogens (tertiary/aromatic N) is 4. The number of hydrogen-bond acceptors (Lipinski definition) is 5. The van der Waals surface area contributed by atoms with Crippen LogP contribution in [-0.2, 0) is 0 Å². The van der Waals surface area contributed by atoms with Gasteiger partial charge in [0.05, 0.1) is 22.4 Å². The molecular formula is C22H23N5O3. The molecule has 1 aromatic heterocycles. The predicted octanol–water partition coefficient (Wildman–Crippen LogP) is 3.56. The van der Waals surface area contributed by atoms with Crippen LogP contribution in [0.4, 0.5) is 11.4 Å². The first-order valence-electron chi connectivity index (χ1n) is 9.83. The molecule has 2 aromatic carbocycles. The lowest BCUT2D eigenvalue weighted by Gasteiger charge is -2.36. The molecule has 1 aliphatic rings. The van der Waals surface area contributed by atoms with Crippen molar-refractivity contribution in [2.75, 3.05) is 31.1 Å². The molecular weight excluding hydrogens is 382 g/mol. The molecule has 0 spiro atoms. The van der Waals surface area contributed by atoms with E-state index in [-0.39, 0.29) is 11.6 Å². The van der Waals surface area contributed by atoms with E-state index in [2.05, 4.69) is 47.1 Å². The largest absolute Gasteiger partial charge is 0.368 e. The number of aromatic amines is 1. The second-order valence-corrected chi connectivity index (χ2v) is 7.53. The van der Waals surface area contributed by atoms with Crippen molar-refractivity contribution in [1.29, 1.82) is 0 Å². The number of rotatable bonds is 4. The zero-order valence-corrected chi connectivity index (χ0v) is 17.0. The number of hydrogen-bond donors (Lipinski definition) is 1. The summed E-state index contributed by atoms with van der Waals surface area (Å²) in [6, 6.07) is 12.5. The van der Waals surface area contributed by atoms with Gasteiger partial charge in [0.15, 0.2) is 0 Å². The molecule has 154 valence electrons. The second kappa shape index (κ2) is 7.98. The van der Waals surface area contributed by atoms with Gasteiger partial charge in [-0.3, -0.25) is 20.0 Å². The van der Waals surface area contributed by atoms with Crippen LogP contribution in [0.25, 0.3) is 11.3 Å². The van der Waals surface area contributed by atoms with E-state index in [9.17, 15) is 14.9 Å². The maximum atomic E-state index is 13.1. The highest BCUT2D eigenvalue weighted by atomic mass is 16.6. The summed E-state index contributed by atoms with van der Waals surface area (Å²) in [6.07, 6.45) is 1.52. The molecule has 1 aliphatic heterocycles. The summed E-state index contributed by atoms with van der Waals surface area (Å²) >= 11 is 0. The number of anilines is 1. The lowest BCUT2D eigenvalue weighted by Crippen LogP contribution is -2.49. The third-order valence-corrected chi connectivity index (χ3v) is 5.50. The standard InChI is InChI=1S/C22H23N5O3/c1-15-3-8-20(16(2)13-15)25-9-11-26(12-10-25)22(28)19-14-23-24-21(19)17-4-6-18(7-5-17)27(29)30/h3-8,13-14H,9-12H2,1-2H3,(H,23,24). The van der Waals surface area contributed by atoms with Crippen LogP contribution in [0.1, 0.15) is 21.5 Å². The average Bonchev–Trinajstić information content (AvgIpc) is 3.23. The monoisotopic (exact) mass is 405 g/mol. The van der Waals surface area contributed by atoms with E-state index >= 15 is 0 Å². The molecule has 0 bridgehead atoms. The molecule has 2 heterocycles. The molecule has 0 aliphatic carbocycles. The average molecular weight is 405 g/mol. The number of aryl methyl sites for hydroxylation is 2. The molecule has 3 aromatic rings. The van der Waals surface area contributed by atoms with Crippen LogP contribution in [0.2, 0.25) is 0 Å². The molecule has 1 saturated heterocycles. The molecule has 0 atom stereocenters. The molecule has 1 fully saturated rings. The molecule has 1 N–H and O–H groups in total. The van der Waals surface area contributed by atoms with Crippen LogP contribution in [0.15, 0.2) is 48.7 Å². The van der Waals surface area contributed by atoms with E-state index < -0.39 is 4.92 Å². The summed E-state index contributed by atoms with van der Waals surface area (Å²) in [4.78, 5) is 27.7. The van der Waals surface area contributed by atoms with E-state index in [0.29, 0.717) is 29.9 Å². The van der Waals surface area contributed by atoms with E-state index in [1.165, 1.54) is 35.1 Å². The van der Waals surface area contributed by atoms with Crippen molar-refractivity contribution >= 4 is 17.3 Å². The SMILES string of the molecule is Cc1ccc(N2CCN(C(=O)c3cn[nH]c3-c3ccc([N+](=O)[O-])cc3)CC2)c(C)c1. The van der Waals surface area contributed by atoms with Gasteiger partial charge in [-0.2, -0.15) is 5.10 Å². The Hall–Kier alpha value is -3.68. The molecule has 0 unspecified atom stereocenters. The quantitative estimate of drug-likeness (QED) is 0.529. The van der Waals surface area contributed by atoms with Crippen molar-refractivity contribution in [2.45, 2.75) is 13.8 Å². The van der Waals surface area contributed by atoms with Gasteiger partial charge in [0.1, 0.15) is 0 Å². The third kappa shape index (κ3) is 3.76. The van der Waals surface area contributed by atoms with Crippen molar-refractivity contribution < 1.29 is 9.72 Å². The number of H-pyrrole nitrogens is 1. The number of piperazine rings is 1. The van der Waals surface area contributed by atoms with E-state index in [1.807, 2.05) is 4.90 Å². The highest BCUT2D eigenvalue weighted by molar-refractivity contribution is 6.00. The minimum absolute atomic E-state index is 0.00802. The van der Waals surface area contributed by atoms with E-state index in [0.717, 1.165) is 13.1 Å². The van der Waals surface area contributed by atoms with Gasteiger partial charge >= 0.3 is 0 Å². The Balaban J connectivity index is 1.48. The highest BCUT2D eigenvalue weighted by Gasteiger charge is 2.26. The van der Waals surface area contributed by atoms with Gasteiger partial charge < -0.3 is 9.80 Å². The fourth-order valence-electron chi connectivity index (χ4n) is 3.90. The van der Waals surface area contributed by atoms with Crippen molar-refractivity contribution in [3.63, 3.8) is 0 Å². The maximum absolute atomic E-state index is 13.1. The number of nitro groups is 1. The summed E-state index contributed by atoms with van der Waals surface area (Å²) in [6.45, 7) is 6.97. The summed E-state index contributed by atoms with van der Waals surface area (Å²) in [7, 11) is 0. The molecule has 8 nitrogen and oxygen atoms in total. The van der Waals surface area contributed by atoms with Gasteiger partial charge in [-0.25, -0.2) is 0 Å². The zero-order chi connectivity index (χ0) is 21.3. The maximum Gasteiger partial charge on any atom is 0.269 e. The van der Waals surface area contributed by atoms with Crippen LogP contribution in [0, 0.1) is 24.0 Å². The minimum Gasteiger partial charge on any atom is -0.368 e. The molecule has 4 rings (SSSR count). The first kappa shape index (κ1) is 19.6. The van der Waals surface area contributed by atoms with Crippen LogP contribution in [0.5, 0.6) is 0 Å². The normalized spacial score (nSPS) is 14.1. The van der Waals surface area contributed by atoms with Crippen molar-refractivity contribution in [3.8, 4) is 11.3 Å². The van der Waals surface area contributed by atoms with Gasteiger partial charge in [0, 0.05) is 49.6 Å². The first-order valence-corrected chi connectivity index (χ1v) is 9.83. The Bertz CT molecular complexity index is 1080. The highest BCUT2D eigenvalue weighted by Crippen LogP contribution is 2.26. The summed E-state index contributed by atoms with van der Waals surface area (Å²) in [5, 5.41) is 17.8. The number of nitro benzene ring substituents is 1. The number of nitrogens with one attached hydrogen (secondary N) is 1. The molecule has 0 radical (unpaired) electrons. The fourth-order valence-corrected chi connectivity index (χ4v) is 3.90. The Kier molecular flexibility index (Phi) is 5.22. The number of amides is 1. The zero-order valence-electron chi connectivity index (χ0n) is 17.0. The lowest BCUT2D eigenvalue weighted by molar-refractivity contribution is -0.384. The Morgan fingerprint density at radius 1 is 1.07 bits per heavy atom. The Morgan fingerprint density at radius 2 is 1.77 bits per heavy atom. The predicted molar refractivity (Wildman–Crippen MR) is 115 cm³/mol. The fraction of sp³-hybridized carbons (Fsp3) is 0.273. The molecule has 0 saturated carbocycles.